The monoisotopic (exact) mass is 139 g/mol. The van der Waals surface area contributed by atoms with Crippen LogP contribution in [0.15, 0.2) is 6.07 Å². The first-order chi connectivity index (χ1) is 4.74. The number of hydrogen-bond acceptors (Lipinski definition) is 2. The molecule has 0 saturated heterocycles. The number of aromatic amines is 1. The van der Waals surface area contributed by atoms with Crippen LogP contribution in [0.1, 0.15) is 31.9 Å². The molecule has 0 saturated carbocycles. The summed E-state index contributed by atoms with van der Waals surface area (Å²) in [5.74, 6) is 1.11. The summed E-state index contributed by atoms with van der Waals surface area (Å²) in [6, 6.07) is 1.88. The maximum Gasteiger partial charge on any atom is 0.145 e. The lowest BCUT2D eigenvalue weighted by Gasteiger charge is -2.02. The third-order valence-electron chi connectivity index (χ3n) is 1.76. The van der Waals surface area contributed by atoms with Crippen LogP contribution in [0.2, 0.25) is 0 Å². The Labute approximate surface area is 60.6 Å². The quantitative estimate of drug-likeness (QED) is 0.652. The number of aromatic nitrogens is 2. The Morgan fingerprint density at radius 3 is 2.90 bits per heavy atom. The molecule has 0 radical (unpaired) electrons. The predicted molar refractivity (Wildman–Crippen MR) is 41.7 cm³/mol. The number of nitrogens with one attached hydrogen (secondary N) is 1. The van der Waals surface area contributed by atoms with Gasteiger partial charge in [-0.25, -0.2) is 0 Å². The van der Waals surface area contributed by atoms with Crippen molar-refractivity contribution in [3.8, 4) is 0 Å². The third kappa shape index (κ3) is 1.29. The van der Waals surface area contributed by atoms with Gasteiger partial charge in [-0.3, -0.25) is 5.10 Å². The molecule has 3 heteroatoms. The van der Waals surface area contributed by atoms with E-state index in [9.17, 15) is 0 Å². The SMILES string of the molecule is CC[C@@H](C)c1cc(N)n[nH]1. The molecule has 0 spiro atoms. The van der Waals surface area contributed by atoms with Crippen molar-refractivity contribution >= 4 is 5.82 Å². The van der Waals surface area contributed by atoms with E-state index in [1.807, 2.05) is 6.07 Å². The van der Waals surface area contributed by atoms with E-state index in [1.54, 1.807) is 0 Å². The van der Waals surface area contributed by atoms with Crippen molar-refractivity contribution < 1.29 is 0 Å². The van der Waals surface area contributed by atoms with Gasteiger partial charge in [-0.05, 0) is 12.3 Å². The highest BCUT2D eigenvalue weighted by atomic mass is 15.2. The van der Waals surface area contributed by atoms with E-state index < -0.39 is 0 Å². The molecule has 0 bridgehead atoms. The van der Waals surface area contributed by atoms with Crippen LogP contribution in [-0.4, -0.2) is 10.2 Å². The summed E-state index contributed by atoms with van der Waals surface area (Å²) in [5.41, 5.74) is 6.55. The van der Waals surface area contributed by atoms with E-state index in [4.69, 9.17) is 5.73 Å². The number of nitrogens with two attached hydrogens (primary N) is 1. The number of hydrogen-bond donors (Lipinski definition) is 2. The second-order valence-electron chi connectivity index (χ2n) is 2.56. The number of nitrogens with zero attached hydrogens (tertiary/aromatic N) is 1. The molecule has 0 aromatic carbocycles. The molecule has 10 heavy (non-hydrogen) atoms. The lowest BCUT2D eigenvalue weighted by molar-refractivity contribution is 0.703. The van der Waals surface area contributed by atoms with E-state index in [0.29, 0.717) is 11.7 Å². The highest BCUT2D eigenvalue weighted by molar-refractivity contribution is 5.29. The minimum Gasteiger partial charge on any atom is -0.382 e. The van der Waals surface area contributed by atoms with E-state index >= 15 is 0 Å². The minimum atomic E-state index is 0.532. The summed E-state index contributed by atoms with van der Waals surface area (Å²) in [6.45, 7) is 4.29. The van der Waals surface area contributed by atoms with Crippen LogP contribution in [-0.2, 0) is 0 Å². The number of nitrogen functional groups attached to an aromatic ring is 1. The first-order valence-electron chi connectivity index (χ1n) is 3.54. The fraction of sp³-hybridized carbons (Fsp3) is 0.571. The fourth-order valence-corrected chi connectivity index (χ4v) is 0.825. The van der Waals surface area contributed by atoms with Gasteiger partial charge in [-0.2, -0.15) is 5.10 Å². The molecule has 0 aliphatic heterocycles. The Kier molecular flexibility index (Phi) is 1.94. The van der Waals surface area contributed by atoms with Crippen molar-refractivity contribution in [2.24, 2.45) is 0 Å². The molecule has 0 aliphatic rings. The van der Waals surface area contributed by atoms with E-state index in [1.165, 1.54) is 0 Å². The van der Waals surface area contributed by atoms with Crippen molar-refractivity contribution in [1.29, 1.82) is 0 Å². The Morgan fingerprint density at radius 1 is 1.80 bits per heavy atom. The van der Waals surface area contributed by atoms with Gasteiger partial charge in [-0.15, -0.1) is 0 Å². The smallest absolute Gasteiger partial charge is 0.145 e. The molecule has 1 atom stereocenters. The molecule has 1 aromatic heterocycles. The highest BCUT2D eigenvalue weighted by Crippen LogP contribution is 2.16. The Balaban J connectivity index is 2.74. The second-order valence-corrected chi connectivity index (χ2v) is 2.56. The molecule has 1 rings (SSSR count). The Morgan fingerprint density at radius 2 is 2.50 bits per heavy atom. The van der Waals surface area contributed by atoms with Gasteiger partial charge >= 0.3 is 0 Å². The molecule has 0 amide bonds. The van der Waals surface area contributed by atoms with E-state index in [2.05, 4.69) is 24.0 Å². The Hall–Kier alpha value is -0.990. The van der Waals surface area contributed by atoms with Gasteiger partial charge in [-0.1, -0.05) is 13.8 Å². The number of rotatable bonds is 2. The molecule has 56 valence electrons. The normalized spacial score (nSPS) is 13.4. The van der Waals surface area contributed by atoms with E-state index in [0.717, 1.165) is 12.1 Å². The van der Waals surface area contributed by atoms with Crippen LogP contribution >= 0.6 is 0 Å². The third-order valence-corrected chi connectivity index (χ3v) is 1.76. The van der Waals surface area contributed by atoms with Crippen LogP contribution in [0.5, 0.6) is 0 Å². The van der Waals surface area contributed by atoms with Crippen molar-refractivity contribution in [3.63, 3.8) is 0 Å². The maximum absolute atomic E-state index is 5.43. The summed E-state index contributed by atoms with van der Waals surface area (Å²) in [6.07, 6.45) is 1.11. The molecule has 0 fully saturated rings. The molecular weight excluding hydrogens is 126 g/mol. The number of H-pyrrole nitrogens is 1. The van der Waals surface area contributed by atoms with Gasteiger partial charge in [0.15, 0.2) is 0 Å². The molecule has 3 nitrogen and oxygen atoms in total. The molecule has 1 aromatic rings. The van der Waals surface area contributed by atoms with Crippen LogP contribution < -0.4 is 5.73 Å². The van der Waals surface area contributed by atoms with Crippen molar-refractivity contribution in [2.45, 2.75) is 26.2 Å². The fourth-order valence-electron chi connectivity index (χ4n) is 0.825. The lowest BCUT2D eigenvalue weighted by Crippen LogP contribution is -1.90. The molecule has 3 N–H and O–H groups in total. The topological polar surface area (TPSA) is 54.7 Å². The van der Waals surface area contributed by atoms with Gasteiger partial charge in [0.2, 0.25) is 0 Å². The van der Waals surface area contributed by atoms with Gasteiger partial charge in [0.25, 0.3) is 0 Å². The van der Waals surface area contributed by atoms with Gasteiger partial charge in [0, 0.05) is 11.8 Å². The average molecular weight is 139 g/mol. The summed E-state index contributed by atoms with van der Waals surface area (Å²) >= 11 is 0. The molecule has 0 unspecified atom stereocenters. The summed E-state index contributed by atoms with van der Waals surface area (Å²) in [7, 11) is 0. The van der Waals surface area contributed by atoms with E-state index in [-0.39, 0.29) is 0 Å². The van der Waals surface area contributed by atoms with Crippen LogP contribution in [0.25, 0.3) is 0 Å². The summed E-state index contributed by atoms with van der Waals surface area (Å²) in [4.78, 5) is 0. The largest absolute Gasteiger partial charge is 0.382 e. The molecular formula is C7H13N3. The maximum atomic E-state index is 5.43. The summed E-state index contributed by atoms with van der Waals surface area (Å²) < 4.78 is 0. The van der Waals surface area contributed by atoms with Crippen molar-refractivity contribution in [3.05, 3.63) is 11.8 Å². The zero-order valence-corrected chi connectivity index (χ0v) is 6.39. The first-order valence-corrected chi connectivity index (χ1v) is 3.54. The van der Waals surface area contributed by atoms with Gasteiger partial charge < -0.3 is 5.73 Å². The first kappa shape index (κ1) is 7.12. The average Bonchev–Trinajstić information content (AvgIpc) is 2.34. The minimum absolute atomic E-state index is 0.532. The molecule has 1 heterocycles. The lowest BCUT2D eigenvalue weighted by atomic mass is 10.1. The van der Waals surface area contributed by atoms with Gasteiger partial charge in [0.05, 0.1) is 0 Å². The predicted octanol–water partition coefficient (Wildman–Crippen LogP) is 1.51. The Bertz CT molecular complexity index is 204. The molecule has 0 aliphatic carbocycles. The summed E-state index contributed by atoms with van der Waals surface area (Å²) in [5, 5.41) is 6.72. The standard InChI is InChI=1S/C7H13N3/c1-3-5(2)6-4-7(8)10-9-6/h4-5H,3H2,1-2H3,(H3,8,9,10)/t5-/m1/s1. The highest BCUT2D eigenvalue weighted by Gasteiger charge is 2.04. The van der Waals surface area contributed by atoms with Gasteiger partial charge in [0.1, 0.15) is 5.82 Å². The van der Waals surface area contributed by atoms with Crippen molar-refractivity contribution in [1.82, 2.24) is 10.2 Å². The zero-order chi connectivity index (χ0) is 7.56. The van der Waals surface area contributed by atoms with Crippen molar-refractivity contribution in [2.75, 3.05) is 5.73 Å². The van der Waals surface area contributed by atoms with Crippen LogP contribution in [0.4, 0.5) is 5.82 Å². The zero-order valence-electron chi connectivity index (χ0n) is 6.39. The number of anilines is 1. The van der Waals surface area contributed by atoms with Crippen LogP contribution in [0, 0.1) is 0 Å². The van der Waals surface area contributed by atoms with Crippen LogP contribution in [0.3, 0.4) is 0 Å². The second kappa shape index (κ2) is 2.73.